The molecule has 1 rings (SSSR count). The van der Waals surface area contributed by atoms with Crippen LogP contribution in [0.15, 0.2) is 12.4 Å². The number of carbonyl (C=O) groups is 1. The van der Waals surface area contributed by atoms with Crippen molar-refractivity contribution in [1.29, 1.82) is 0 Å². The van der Waals surface area contributed by atoms with Gasteiger partial charge in [-0.2, -0.15) is 0 Å². The summed E-state index contributed by atoms with van der Waals surface area (Å²) in [5.74, 6) is -1.40. The van der Waals surface area contributed by atoms with Gasteiger partial charge in [0.15, 0.2) is 5.82 Å². The van der Waals surface area contributed by atoms with Crippen LogP contribution in [0.25, 0.3) is 0 Å². The summed E-state index contributed by atoms with van der Waals surface area (Å²) in [5.41, 5.74) is -0.145. The summed E-state index contributed by atoms with van der Waals surface area (Å²) >= 11 is 0. The quantitative estimate of drug-likeness (QED) is 0.299. The molecule has 0 amide bonds. The zero-order chi connectivity index (χ0) is 18.5. The largest absolute Gasteiger partial charge is 0.465 e. The van der Waals surface area contributed by atoms with Gasteiger partial charge in [0.05, 0.1) is 13.7 Å². The van der Waals surface area contributed by atoms with Crippen molar-refractivity contribution < 1.29 is 18.3 Å². The maximum atomic E-state index is 14.0. The first-order valence-electron chi connectivity index (χ1n) is 9.66. The monoisotopic (exact) mass is 357 g/mol. The Kier molecular flexibility index (Phi) is 11.2. The van der Waals surface area contributed by atoms with Crippen molar-refractivity contribution in [1.82, 2.24) is 4.57 Å². The first-order valence-corrected chi connectivity index (χ1v) is 9.66. The maximum absolute atomic E-state index is 14.0. The molecule has 5 heteroatoms. The van der Waals surface area contributed by atoms with Gasteiger partial charge >= 0.3 is 5.97 Å². The van der Waals surface area contributed by atoms with Crippen LogP contribution in [0, 0.1) is 5.82 Å². The molecule has 3 nitrogen and oxygen atoms in total. The minimum atomic E-state index is -1.02. The summed E-state index contributed by atoms with van der Waals surface area (Å²) in [4.78, 5) is 11.3. The molecule has 0 bridgehead atoms. The molecule has 0 aliphatic carbocycles. The lowest BCUT2D eigenvalue weighted by molar-refractivity contribution is 0.0595. The minimum Gasteiger partial charge on any atom is -0.465 e. The summed E-state index contributed by atoms with van der Waals surface area (Å²) < 4.78 is 33.5. The number of alkyl halides is 1. The number of nitrogens with zero attached hydrogens (tertiary/aromatic N) is 1. The van der Waals surface area contributed by atoms with E-state index in [1.54, 1.807) is 0 Å². The molecule has 1 aromatic heterocycles. The fourth-order valence-corrected chi connectivity index (χ4v) is 3.02. The molecular weight excluding hydrogens is 324 g/mol. The number of hydrogen-bond donors (Lipinski definition) is 0. The van der Waals surface area contributed by atoms with Gasteiger partial charge < -0.3 is 9.30 Å². The van der Waals surface area contributed by atoms with Gasteiger partial charge in [0.25, 0.3) is 0 Å². The Balaban J connectivity index is 2.09. The van der Waals surface area contributed by atoms with E-state index in [4.69, 9.17) is 0 Å². The van der Waals surface area contributed by atoms with Gasteiger partial charge in [-0.25, -0.2) is 13.6 Å². The van der Waals surface area contributed by atoms with E-state index >= 15 is 0 Å². The highest BCUT2D eigenvalue weighted by atomic mass is 19.1. The van der Waals surface area contributed by atoms with Crippen molar-refractivity contribution in [2.24, 2.45) is 0 Å². The average Bonchev–Trinajstić information content (AvgIpc) is 2.96. The van der Waals surface area contributed by atoms with Crippen molar-refractivity contribution in [3.63, 3.8) is 0 Å². The normalized spacial score (nSPS) is 12.3. The zero-order valence-corrected chi connectivity index (χ0v) is 15.7. The molecule has 0 N–H and O–H groups in total. The summed E-state index contributed by atoms with van der Waals surface area (Å²) in [6, 6.07) is 0. The highest BCUT2D eigenvalue weighted by Gasteiger charge is 2.16. The van der Waals surface area contributed by atoms with E-state index in [2.05, 4.69) is 11.7 Å². The summed E-state index contributed by atoms with van der Waals surface area (Å²) in [5, 5.41) is 0. The molecule has 0 aromatic carbocycles. The lowest BCUT2D eigenvalue weighted by Crippen LogP contribution is -2.10. The summed E-state index contributed by atoms with van der Waals surface area (Å²) in [6.45, 7) is 2.30. The number of aromatic nitrogens is 1. The molecule has 1 unspecified atom stereocenters. The molecular formula is C20H33F2NO2. The molecule has 0 spiro atoms. The van der Waals surface area contributed by atoms with E-state index in [-0.39, 0.29) is 12.1 Å². The van der Waals surface area contributed by atoms with E-state index in [9.17, 15) is 13.6 Å². The first-order chi connectivity index (χ1) is 12.1. The van der Waals surface area contributed by atoms with Gasteiger partial charge in [-0.05, 0) is 6.42 Å². The summed E-state index contributed by atoms with van der Waals surface area (Å²) in [6.07, 6.45) is 14.1. The topological polar surface area (TPSA) is 31.2 Å². The average molecular weight is 357 g/mol. The van der Waals surface area contributed by atoms with Crippen molar-refractivity contribution in [3.05, 3.63) is 23.8 Å². The number of hydrogen-bond acceptors (Lipinski definition) is 2. The Morgan fingerprint density at radius 2 is 1.60 bits per heavy atom. The molecule has 144 valence electrons. The Labute approximate surface area is 150 Å². The number of halogens is 2. The van der Waals surface area contributed by atoms with Crippen LogP contribution in [0.1, 0.15) is 87.9 Å². The second-order valence-corrected chi connectivity index (χ2v) is 6.78. The van der Waals surface area contributed by atoms with Crippen molar-refractivity contribution >= 4 is 5.97 Å². The van der Waals surface area contributed by atoms with E-state index in [1.165, 1.54) is 62.8 Å². The highest BCUT2D eigenvalue weighted by molar-refractivity contribution is 5.89. The van der Waals surface area contributed by atoms with Crippen LogP contribution in [-0.4, -0.2) is 23.8 Å². The van der Waals surface area contributed by atoms with Gasteiger partial charge in [0.2, 0.25) is 0 Å². The Hall–Kier alpha value is -1.39. The number of carbonyl (C=O) groups excluding carboxylic acids is 1. The van der Waals surface area contributed by atoms with Crippen molar-refractivity contribution in [2.75, 3.05) is 7.11 Å². The fourth-order valence-electron chi connectivity index (χ4n) is 3.02. The first kappa shape index (κ1) is 21.7. The lowest BCUT2D eigenvalue weighted by Gasteiger charge is -2.09. The van der Waals surface area contributed by atoms with E-state index in [0.29, 0.717) is 6.42 Å². The second kappa shape index (κ2) is 12.9. The van der Waals surface area contributed by atoms with Gasteiger partial charge in [-0.1, -0.05) is 71.1 Å². The number of methoxy groups -OCH3 is 1. The third-order valence-corrected chi connectivity index (χ3v) is 4.52. The van der Waals surface area contributed by atoms with Crippen molar-refractivity contribution in [2.45, 2.75) is 90.3 Å². The Bertz CT molecular complexity index is 488. The number of ether oxygens (including phenoxy) is 1. The van der Waals surface area contributed by atoms with E-state index < -0.39 is 18.0 Å². The highest BCUT2D eigenvalue weighted by Crippen LogP contribution is 2.15. The van der Waals surface area contributed by atoms with Gasteiger partial charge in [-0.3, -0.25) is 0 Å². The SMILES string of the molecule is CCCCCCCCCCCCC(F)Cn1cc(F)c(C(=O)OC)c1. The van der Waals surface area contributed by atoms with Crippen LogP contribution in [0.5, 0.6) is 0 Å². The molecule has 0 radical (unpaired) electrons. The predicted molar refractivity (Wildman–Crippen MR) is 97.1 cm³/mol. The molecule has 25 heavy (non-hydrogen) atoms. The maximum Gasteiger partial charge on any atom is 0.342 e. The predicted octanol–water partition coefficient (Wildman–Crippen LogP) is 6.06. The third kappa shape index (κ3) is 9.03. The third-order valence-electron chi connectivity index (χ3n) is 4.52. The van der Waals surface area contributed by atoms with Crippen LogP contribution in [0.2, 0.25) is 0 Å². The molecule has 0 saturated heterocycles. The van der Waals surface area contributed by atoms with E-state index in [1.807, 2.05) is 0 Å². The molecule has 0 saturated carbocycles. The van der Waals surface area contributed by atoms with Crippen LogP contribution >= 0.6 is 0 Å². The molecule has 0 aliphatic heterocycles. The van der Waals surface area contributed by atoms with Gasteiger partial charge in [0, 0.05) is 12.4 Å². The van der Waals surface area contributed by atoms with Crippen LogP contribution in [0.3, 0.4) is 0 Å². The van der Waals surface area contributed by atoms with Gasteiger partial charge in [0.1, 0.15) is 11.7 Å². The van der Waals surface area contributed by atoms with Crippen LogP contribution < -0.4 is 0 Å². The zero-order valence-electron chi connectivity index (χ0n) is 15.7. The second-order valence-electron chi connectivity index (χ2n) is 6.78. The molecule has 1 atom stereocenters. The van der Waals surface area contributed by atoms with E-state index in [0.717, 1.165) is 25.5 Å². The van der Waals surface area contributed by atoms with Crippen LogP contribution in [0.4, 0.5) is 8.78 Å². The molecule has 0 fully saturated rings. The minimum absolute atomic E-state index is 0.0747. The Morgan fingerprint density at radius 3 is 2.16 bits per heavy atom. The Morgan fingerprint density at radius 1 is 1.04 bits per heavy atom. The van der Waals surface area contributed by atoms with Gasteiger partial charge in [-0.15, -0.1) is 0 Å². The summed E-state index contributed by atoms with van der Waals surface area (Å²) in [7, 11) is 1.20. The number of esters is 1. The van der Waals surface area contributed by atoms with Crippen molar-refractivity contribution in [3.8, 4) is 0 Å². The smallest absolute Gasteiger partial charge is 0.342 e. The number of unbranched alkanes of at least 4 members (excludes halogenated alkanes) is 9. The standard InChI is InChI=1S/C20H33F2NO2/c1-3-4-5-6-7-8-9-10-11-12-13-17(21)14-23-15-18(19(22)16-23)20(24)25-2/h15-17H,3-14H2,1-2H3. The molecule has 1 heterocycles. The lowest BCUT2D eigenvalue weighted by atomic mass is 10.0. The number of rotatable bonds is 14. The fraction of sp³-hybridized carbons (Fsp3) is 0.750. The molecule has 0 aliphatic rings. The molecule has 1 aromatic rings. The van der Waals surface area contributed by atoms with Crippen LogP contribution in [-0.2, 0) is 11.3 Å².